The molecule has 2 unspecified atom stereocenters. The zero-order valence-corrected chi connectivity index (χ0v) is 17.1. The number of hydrogen-bond donors (Lipinski definition) is 2. The second kappa shape index (κ2) is 7.66. The third-order valence-corrected chi connectivity index (χ3v) is 7.89. The van der Waals surface area contributed by atoms with Gasteiger partial charge in [0.2, 0.25) is 5.91 Å². The number of hydrogen-bond acceptors (Lipinski definition) is 4. The quantitative estimate of drug-likeness (QED) is 0.765. The molecule has 1 amide bonds. The fourth-order valence-electron chi connectivity index (χ4n) is 6.78. The molecule has 0 radical (unpaired) electrons. The summed E-state index contributed by atoms with van der Waals surface area (Å²) >= 11 is 0. The lowest BCUT2D eigenvalue weighted by Crippen LogP contribution is -2.60. The summed E-state index contributed by atoms with van der Waals surface area (Å²) < 4.78 is 29.1. The smallest absolute Gasteiger partial charge is 0.387 e. The van der Waals surface area contributed by atoms with Crippen LogP contribution in [0, 0.1) is 23.2 Å². The Hall–Kier alpha value is -1.89. The van der Waals surface area contributed by atoms with Gasteiger partial charge in [0.05, 0.1) is 11.5 Å². The van der Waals surface area contributed by atoms with Gasteiger partial charge in [0.15, 0.2) is 0 Å². The molecular weight excluding hydrogens is 390 g/mol. The Bertz CT molecular complexity index is 771. The van der Waals surface area contributed by atoms with Crippen molar-refractivity contribution < 1.29 is 23.4 Å². The average molecular weight is 421 g/mol. The van der Waals surface area contributed by atoms with Crippen molar-refractivity contribution in [3.8, 4) is 5.75 Å². The van der Waals surface area contributed by atoms with Crippen molar-refractivity contribution in [3.05, 3.63) is 24.3 Å². The molecule has 5 nitrogen and oxygen atoms in total. The molecule has 7 heteroatoms. The number of ether oxygens (including phenoxy) is 1. The van der Waals surface area contributed by atoms with Crippen molar-refractivity contribution in [3.63, 3.8) is 0 Å². The second-order valence-electron chi connectivity index (χ2n) is 9.87. The summed E-state index contributed by atoms with van der Waals surface area (Å²) in [5.74, 6) is 1.51. The Labute approximate surface area is 175 Å². The van der Waals surface area contributed by atoms with Crippen LogP contribution in [0.4, 0.5) is 14.5 Å². The molecule has 30 heavy (non-hydrogen) atoms. The Kier molecular flexibility index (Phi) is 5.12. The second-order valence-corrected chi connectivity index (χ2v) is 9.87. The van der Waals surface area contributed by atoms with Gasteiger partial charge in [0.1, 0.15) is 5.75 Å². The number of amides is 1. The van der Waals surface area contributed by atoms with Gasteiger partial charge in [0.25, 0.3) is 0 Å². The minimum absolute atomic E-state index is 0.0844. The van der Waals surface area contributed by atoms with E-state index >= 15 is 0 Å². The first-order valence-electron chi connectivity index (χ1n) is 11.2. The third kappa shape index (κ3) is 3.66. The van der Waals surface area contributed by atoms with Gasteiger partial charge in [-0.25, -0.2) is 0 Å². The van der Waals surface area contributed by atoms with Gasteiger partial charge in [-0.3, -0.25) is 4.79 Å². The number of benzene rings is 1. The van der Waals surface area contributed by atoms with E-state index in [1.165, 1.54) is 0 Å². The van der Waals surface area contributed by atoms with Crippen molar-refractivity contribution >= 4 is 11.6 Å². The molecule has 1 saturated heterocycles. The highest BCUT2D eigenvalue weighted by atomic mass is 19.3. The van der Waals surface area contributed by atoms with Crippen LogP contribution in [0.2, 0.25) is 0 Å². The lowest BCUT2D eigenvalue weighted by atomic mass is 9.48. The lowest BCUT2D eigenvalue weighted by molar-refractivity contribution is -0.163. The van der Waals surface area contributed by atoms with E-state index in [0.717, 1.165) is 63.7 Å². The highest BCUT2D eigenvalue weighted by Gasteiger charge is 2.58. The topological polar surface area (TPSA) is 61.8 Å². The average Bonchev–Trinajstić information content (AvgIpc) is 2.71. The highest BCUT2D eigenvalue weighted by Crippen LogP contribution is 2.60. The molecule has 1 heterocycles. The van der Waals surface area contributed by atoms with Crippen molar-refractivity contribution in [2.24, 2.45) is 23.2 Å². The number of aliphatic hydroxyl groups excluding tert-OH is 1. The number of aliphatic hydroxyl groups is 1. The summed E-state index contributed by atoms with van der Waals surface area (Å²) in [4.78, 5) is 15.6. The van der Waals surface area contributed by atoms with E-state index in [1.54, 1.807) is 24.3 Å². The number of carbonyl (C=O) groups is 1. The van der Waals surface area contributed by atoms with E-state index in [-0.39, 0.29) is 29.2 Å². The first-order chi connectivity index (χ1) is 14.4. The van der Waals surface area contributed by atoms with Crippen LogP contribution in [-0.4, -0.2) is 42.9 Å². The summed E-state index contributed by atoms with van der Waals surface area (Å²) in [6, 6.07) is 6.79. The van der Waals surface area contributed by atoms with E-state index in [0.29, 0.717) is 17.8 Å². The van der Waals surface area contributed by atoms with Gasteiger partial charge < -0.3 is 20.1 Å². The summed E-state index contributed by atoms with van der Waals surface area (Å²) in [5.41, 5.74) is 0.667. The summed E-state index contributed by atoms with van der Waals surface area (Å²) in [6.45, 7) is -1.23. The van der Waals surface area contributed by atoms with Crippen molar-refractivity contribution in [1.29, 1.82) is 0 Å². The first-order valence-corrected chi connectivity index (χ1v) is 11.2. The van der Waals surface area contributed by atoms with Crippen LogP contribution in [0.3, 0.4) is 0 Å². The van der Waals surface area contributed by atoms with Gasteiger partial charge >= 0.3 is 6.61 Å². The molecule has 0 spiro atoms. The van der Waals surface area contributed by atoms with Crippen LogP contribution in [0.25, 0.3) is 0 Å². The molecule has 4 aliphatic carbocycles. The molecule has 5 fully saturated rings. The van der Waals surface area contributed by atoms with Gasteiger partial charge in [-0.15, -0.1) is 0 Å². The van der Waals surface area contributed by atoms with Crippen LogP contribution < -0.4 is 15.0 Å². The van der Waals surface area contributed by atoms with Crippen molar-refractivity contribution in [1.82, 2.24) is 5.32 Å². The maximum absolute atomic E-state index is 13.4. The molecule has 2 N–H and O–H groups in total. The minimum atomic E-state index is -2.82. The number of halogens is 2. The maximum Gasteiger partial charge on any atom is 0.387 e. The summed E-state index contributed by atoms with van der Waals surface area (Å²) in [6.07, 6.45) is 6.49. The Morgan fingerprint density at radius 2 is 1.87 bits per heavy atom. The number of nitrogens with zero attached hydrogens (tertiary/aromatic N) is 1. The lowest BCUT2D eigenvalue weighted by Gasteiger charge is -2.58. The molecule has 1 aliphatic heterocycles. The molecule has 6 rings (SSSR count). The molecule has 4 saturated carbocycles. The van der Waals surface area contributed by atoms with Crippen LogP contribution in [0.15, 0.2) is 24.3 Å². The number of alkyl halides is 2. The van der Waals surface area contributed by atoms with Gasteiger partial charge in [-0.2, -0.15) is 8.78 Å². The van der Waals surface area contributed by atoms with E-state index in [1.807, 2.05) is 0 Å². The Morgan fingerprint density at radius 3 is 2.53 bits per heavy atom. The molecule has 0 aromatic heterocycles. The van der Waals surface area contributed by atoms with Gasteiger partial charge in [-0.05, 0) is 87.0 Å². The molecule has 164 valence electrons. The van der Waals surface area contributed by atoms with Crippen molar-refractivity contribution in [2.75, 3.05) is 18.0 Å². The number of rotatable bonds is 5. The van der Waals surface area contributed by atoms with E-state index in [4.69, 9.17) is 0 Å². The standard InChI is InChI=1S/C23H30F2N2O3/c24-22(25)30-19-5-3-18(4-6-19)27-7-1-2-17(13-27)26-21(29)23-10-14-8-15(11-23)20(28)16(9-14)12-23/h3-6,14-17,20,22,28H,1-2,7-13H2,(H,26,29)/t14?,15?,16?,17-,20?,23?/m0/s1. The summed E-state index contributed by atoms with van der Waals surface area (Å²) in [5, 5.41) is 13.8. The normalized spacial score (nSPS) is 37.5. The minimum Gasteiger partial charge on any atom is -0.435 e. The zero-order valence-electron chi connectivity index (χ0n) is 17.1. The molecule has 1 aromatic rings. The molecular formula is C23H30F2N2O3. The van der Waals surface area contributed by atoms with Crippen LogP contribution in [0.1, 0.15) is 44.9 Å². The van der Waals surface area contributed by atoms with E-state index in [2.05, 4.69) is 15.0 Å². The summed E-state index contributed by atoms with van der Waals surface area (Å²) in [7, 11) is 0. The van der Waals surface area contributed by atoms with E-state index < -0.39 is 6.61 Å². The van der Waals surface area contributed by atoms with Gasteiger partial charge in [-0.1, -0.05) is 0 Å². The van der Waals surface area contributed by atoms with Crippen LogP contribution in [-0.2, 0) is 4.79 Å². The predicted molar refractivity (Wildman–Crippen MR) is 108 cm³/mol. The zero-order chi connectivity index (χ0) is 20.9. The molecule has 1 aromatic carbocycles. The predicted octanol–water partition coefficient (Wildman–Crippen LogP) is 3.56. The van der Waals surface area contributed by atoms with E-state index in [9.17, 15) is 18.7 Å². The first kappa shape index (κ1) is 20.0. The number of piperidine rings is 1. The molecule has 4 bridgehead atoms. The third-order valence-electron chi connectivity index (χ3n) is 7.89. The number of anilines is 1. The SMILES string of the molecule is O=C(N[C@H]1CCCN(c2ccc(OC(F)F)cc2)C1)C12CC3CC(C1)C(O)C(C3)C2. The van der Waals surface area contributed by atoms with Crippen LogP contribution >= 0.6 is 0 Å². The molecule has 5 aliphatic rings. The Morgan fingerprint density at radius 1 is 1.17 bits per heavy atom. The fourth-order valence-corrected chi connectivity index (χ4v) is 6.78. The molecule has 3 atom stereocenters. The highest BCUT2D eigenvalue weighted by molar-refractivity contribution is 5.83. The maximum atomic E-state index is 13.4. The fraction of sp³-hybridized carbons (Fsp3) is 0.696. The monoisotopic (exact) mass is 420 g/mol. The van der Waals surface area contributed by atoms with Gasteiger partial charge in [0, 0.05) is 24.8 Å². The largest absolute Gasteiger partial charge is 0.435 e. The number of nitrogens with one attached hydrogen (secondary N) is 1. The Balaban J connectivity index is 1.22. The number of carbonyl (C=O) groups excluding carboxylic acids is 1. The van der Waals surface area contributed by atoms with Crippen molar-refractivity contribution in [2.45, 2.75) is 63.7 Å². The van der Waals surface area contributed by atoms with Crippen LogP contribution in [0.5, 0.6) is 5.75 Å².